The normalized spacial score (nSPS) is 11.3. The van der Waals surface area contributed by atoms with Crippen molar-refractivity contribution < 1.29 is 14.3 Å². The van der Waals surface area contributed by atoms with E-state index in [4.69, 9.17) is 14.5 Å². The molecule has 2 aromatic carbocycles. The highest BCUT2D eigenvalue weighted by Crippen LogP contribution is 2.32. The summed E-state index contributed by atoms with van der Waals surface area (Å²) in [4.78, 5) is 18.2. The van der Waals surface area contributed by atoms with Crippen LogP contribution in [0.2, 0.25) is 0 Å². The van der Waals surface area contributed by atoms with Gasteiger partial charge >= 0.3 is 0 Å². The van der Waals surface area contributed by atoms with Gasteiger partial charge in [-0.15, -0.1) is 11.3 Å². The number of hydrogen-bond acceptors (Lipinski definition) is 5. The lowest BCUT2D eigenvalue weighted by molar-refractivity contribution is -0.123. The summed E-state index contributed by atoms with van der Waals surface area (Å²) in [5, 5.41) is 4.00. The van der Waals surface area contributed by atoms with Gasteiger partial charge in [0.1, 0.15) is 0 Å². The lowest BCUT2D eigenvalue weighted by atomic mass is 9.95. The summed E-state index contributed by atoms with van der Waals surface area (Å²) in [5.74, 6) is 1.43. The number of thiazole rings is 1. The van der Waals surface area contributed by atoms with Crippen LogP contribution >= 0.6 is 11.3 Å². The smallest absolute Gasteiger partial charge is 0.229 e. The van der Waals surface area contributed by atoms with Crippen molar-refractivity contribution in [2.75, 3.05) is 19.5 Å². The van der Waals surface area contributed by atoms with Crippen LogP contribution in [0.4, 0.5) is 5.69 Å². The second-order valence-corrected chi connectivity index (χ2v) is 9.45. The zero-order valence-corrected chi connectivity index (χ0v) is 19.1. The zero-order chi connectivity index (χ0) is 21.9. The molecule has 0 aliphatic heterocycles. The van der Waals surface area contributed by atoms with Gasteiger partial charge in [-0.1, -0.05) is 39.0 Å². The molecule has 0 bridgehead atoms. The maximum Gasteiger partial charge on any atom is 0.229 e. The number of carbonyl (C=O) groups excluding carboxylic acids is 1. The molecule has 0 unspecified atom stereocenters. The Hall–Kier alpha value is -2.86. The minimum absolute atomic E-state index is 0.00250. The van der Waals surface area contributed by atoms with Crippen molar-refractivity contribution in [1.29, 1.82) is 0 Å². The Bertz CT molecular complexity index is 1030. The predicted molar refractivity (Wildman–Crippen MR) is 123 cm³/mol. The summed E-state index contributed by atoms with van der Waals surface area (Å²) >= 11 is 1.69. The summed E-state index contributed by atoms with van der Waals surface area (Å²) in [7, 11) is 3.27. The minimum atomic E-state index is -0.427. The monoisotopic (exact) mass is 424 g/mol. The van der Waals surface area contributed by atoms with E-state index >= 15 is 0 Å². The van der Waals surface area contributed by atoms with E-state index in [1.165, 1.54) is 0 Å². The molecule has 0 spiro atoms. The molecule has 1 heterocycles. The summed E-state index contributed by atoms with van der Waals surface area (Å²) in [5.41, 5.74) is 3.49. The van der Waals surface area contributed by atoms with Crippen molar-refractivity contribution in [3.8, 4) is 22.8 Å². The van der Waals surface area contributed by atoms with E-state index in [1.807, 2.05) is 63.2 Å². The van der Waals surface area contributed by atoms with Gasteiger partial charge in [-0.25, -0.2) is 4.98 Å². The third kappa shape index (κ3) is 5.00. The van der Waals surface area contributed by atoms with Crippen LogP contribution in [0.25, 0.3) is 11.3 Å². The second kappa shape index (κ2) is 8.88. The number of carbonyl (C=O) groups is 1. The number of methoxy groups -OCH3 is 2. The molecule has 3 aromatic rings. The first-order chi connectivity index (χ1) is 14.2. The number of amides is 1. The quantitative estimate of drug-likeness (QED) is 0.550. The fourth-order valence-electron chi connectivity index (χ4n) is 2.99. The molecule has 158 valence electrons. The first kappa shape index (κ1) is 21.8. The third-order valence-corrected chi connectivity index (χ3v) is 5.71. The molecule has 1 N–H and O–H groups in total. The molecule has 1 aromatic heterocycles. The number of rotatable bonds is 6. The van der Waals surface area contributed by atoms with Crippen LogP contribution in [0.1, 0.15) is 36.2 Å². The highest BCUT2D eigenvalue weighted by molar-refractivity contribution is 7.12. The highest BCUT2D eigenvalue weighted by Gasteiger charge is 2.21. The van der Waals surface area contributed by atoms with E-state index in [2.05, 4.69) is 12.2 Å². The number of aryl methyl sites for hydroxylation is 1. The SMILES string of the molecule is COc1ccc(Cc2nc(-c3ccc(NC(=O)C(C)(C)C)cc3)c(C)s2)cc1OC. The van der Waals surface area contributed by atoms with Gasteiger partial charge in [0.25, 0.3) is 0 Å². The lowest BCUT2D eigenvalue weighted by Gasteiger charge is -2.17. The van der Waals surface area contributed by atoms with Gasteiger partial charge in [0.2, 0.25) is 5.91 Å². The largest absolute Gasteiger partial charge is 0.493 e. The van der Waals surface area contributed by atoms with Crippen molar-refractivity contribution >= 4 is 22.9 Å². The van der Waals surface area contributed by atoms with Gasteiger partial charge in [0.05, 0.1) is 24.9 Å². The van der Waals surface area contributed by atoms with Crippen molar-refractivity contribution in [3.63, 3.8) is 0 Å². The summed E-state index contributed by atoms with van der Waals surface area (Å²) in [6.07, 6.45) is 0.728. The van der Waals surface area contributed by atoms with Gasteiger partial charge in [0.15, 0.2) is 11.5 Å². The van der Waals surface area contributed by atoms with Crippen LogP contribution in [-0.4, -0.2) is 25.1 Å². The predicted octanol–water partition coefficient (Wildman–Crippen LogP) is 5.71. The Kier molecular flexibility index (Phi) is 6.46. The summed E-state index contributed by atoms with van der Waals surface area (Å²) < 4.78 is 10.7. The number of benzene rings is 2. The Morgan fingerprint density at radius 2 is 1.70 bits per heavy atom. The molecule has 3 rings (SSSR count). The fourth-order valence-corrected chi connectivity index (χ4v) is 3.98. The lowest BCUT2D eigenvalue weighted by Crippen LogP contribution is -2.27. The average Bonchev–Trinajstić information content (AvgIpc) is 3.07. The zero-order valence-electron chi connectivity index (χ0n) is 18.3. The summed E-state index contributed by atoms with van der Waals surface area (Å²) in [6.45, 7) is 7.78. The number of hydrogen-bond donors (Lipinski definition) is 1. The number of nitrogens with one attached hydrogen (secondary N) is 1. The number of nitrogens with zero attached hydrogens (tertiary/aromatic N) is 1. The van der Waals surface area contributed by atoms with Crippen molar-refractivity contribution in [3.05, 3.63) is 57.9 Å². The number of anilines is 1. The van der Waals surface area contributed by atoms with Crippen LogP contribution in [0.3, 0.4) is 0 Å². The Labute approximate surface area is 182 Å². The fraction of sp³-hybridized carbons (Fsp3) is 0.333. The molecular weight excluding hydrogens is 396 g/mol. The molecule has 0 aliphatic carbocycles. The van der Waals surface area contributed by atoms with Gasteiger partial charge in [-0.2, -0.15) is 0 Å². The van der Waals surface area contributed by atoms with E-state index < -0.39 is 5.41 Å². The van der Waals surface area contributed by atoms with Gasteiger partial charge in [-0.05, 0) is 36.8 Å². The molecule has 0 fully saturated rings. The highest BCUT2D eigenvalue weighted by atomic mass is 32.1. The maximum absolute atomic E-state index is 12.2. The molecule has 0 atom stereocenters. The molecule has 0 aliphatic rings. The Morgan fingerprint density at radius 3 is 2.30 bits per heavy atom. The Balaban J connectivity index is 1.77. The van der Waals surface area contributed by atoms with Crippen LogP contribution in [0.15, 0.2) is 42.5 Å². The molecular formula is C24H28N2O3S. The van der Waals surface area contributed by atoms with Crippen molar-refractivity contribution in [2.45, 2.75) is 34.1 Å². The standard InChI is InChI=1S/C24H28N2O3S/c1-15-22(17-8-10-18(11-9-17)25-23(27)24(2,3)4)26-21(30-15)14-16-7-12-19(28-5)20(13-16)29-6/h7-13H,14H2,1-6H3,(H,25,27). The van der Waals surface area contributed by atoms with Crippen LogP contribution in [0.5, 0.6) is 11.5 Å². The summed E-state index contributed by atoms with van der Waals surface area (Å²) in [6, 6.07) is 13.8. The first-order valence-corrected chi connectivity index (χ1v) is 10.6. The molecule has 1 amide bonds. The van der Waals surface area contributed by atoms with Gasteiger partial charge < -0.3 is 14.8 Å². The topological polar surface area (TPSA) is 60.5 Å². The van der Waals surface area contributed by atoms with Crippen molar-refractivity contribution in [2.24, 2.45) is 5.41 Å². The number of aromatic nitrogens is 1. The Morgan fingerprint density at radius 1 is 1.03 bits per heavy atom. The van der Waals surface area contributed by atoms with E-state index in [1.54, 1.807) is 25.6 Å². The second-order valence-electron chi connectivity index (χ2n) is 8.16. The van der Waals surface area contributed by atoms with E-state index in [0.29, 0.717) is 0 Å². The maximum atomic E-state index is 12.2. The molecule has 0 saturated heterocycles. The van der Waals surface area contributed by atoms with E-state index in [0.717, 1.165) is 50.3 Å². The van der Waals surface area contributed by atoms with E-state index in [-0.39, 0.29) is 5.91 Å². The molecule has 0 saturated carbocycles. The first-order valence-electron chi connectivity index (χ1n) is 9.80. The minimum Gasteiger partial charge on any atom is -0.493 e. The van der Waals surface area contributed by atoms with Gasteiger partial charge in [-0.3, -0.25) is 4.79 Å². The van der Waals surface area contributed by atoms with E-state index in [9.17, 15) is 4.79 Å². The molecule has 30 heavy (non-hydrogen) atoms. The van der Waals surface area contributed by atoms with Crippen LogP contribution < -0.4 is 14.8 Å². The molecule has 6 heteroatoms. The third-order valence-electron chi connectivity index (χ3n) is 4.74. The van der Waals surface area contributed by atoms with Crippen LogP contribution in [-0.2, 0) is 11.2 Å². The van der Waals surface area contributed by atoms with Gasteiger partial charge in [0, 0.05) is 28.0 Å². The van der Waals surface area contributed by atoms with Crippen molar-refractivity contribution in [1.82, 2.24) is 4.98 Å². The van der Waals surface area contributed by atoms with Crippen LogP contribution in [0, 0.1) is 12.3 Å². The number of ether oxygens (including phenoxy) is 2. The molecule has 5 nitrogen and oxygen atoms in total. The molecule has 0 radical (unpaired) electrons. The average molecular weight is 425 g/mol.